The standard InChI is InChI=1S/C62H40/c1-4-20-41(21-5-1)45-39-57(42-22-6-2-7-23-42)62(58(40-45)43-24-8-3-9-25-43)61-55-34-18-16-32-53(55)60(54-33-17-19-35-56(54)61)44-36-37-52-50-30-13-12-28-48(50)46-26-10-11-27-47(46)49-29-14-15-31-51(49)59(52)38-44/h1-40H. The van der Waals surface area contributed by atoms with E-state index in [1.165, 1.54) is 122 Å². The van der Waals surface area contributed by atoms with Crippen molar-refractivity contribution in [3.05, 3.63) is 243 Å². The van der Waals surface area contributed by atoms with Gasteiger partial charge in [0, 0.05) is 0 Å². The third-order valence-corrected chi connectivity index (χ3v) is 12.8. The molecule has 0 saturated heterocycles. The molecule has 0 saturated carbocycles. The van der Waals surface area contributed by atoms with E-state index in [9.17, 15) is 0 Å². The smallest absolute Gasteiger partial charge is 0.00139 e. The van der Waals surface area contributed by atoms with E-state index in [1.807, 2.05) is 0 Å². The van der Waals surface area contributed by atoms with Crippen LogP contribution in [0.2, 0.25) is 0 Å². The summed E-state index contributed by atoms with van der Waals surface area (Å²) in [7, 11) is 0. The summed E-state index contributed by atoms with van der Waals surface area (Å²) in [6.07, 6.45) is 0. The molecule has 0 aromatic heterocycles. The van der Waals surface area contributed by atoms with E-state index in [-0.39, 0.29) is 0 Å². The van der Waals surface area contributed by atoms with Crippen molar-refractivity contribution in [2.24, 2.45) is 0 Å². The second-order valence-electron chi connectivity index (χ2n) is 16.3. The zero-order valence-corrected chi connectivity index (χ0v) is 34.1. The van der Waals surface area contributed by atoms with Crippen LogP contribution in [-0.4, -0.2) is 0 Å². The topological polar surface area (TPSA) is 0 Å². The van der Waals surface area contributed by atoms with Gasteiger partial charge >= 0.3 is 0 Å². The lowest BCUT2D eigenvalue weighted by molar-refractivity contribution is 1.52. The normalized spacial score (nSPS) is 11.5. The molecule has 1 aliphatic rings. The SMILES string of the molecule is c1ccc(-c2cc(-c3ccccc3)c(-c3c4ccccc4c(-c4ccc5c(c4)-c4ccccc4-c4ccccc4-c4ccccc4-5)c4ccccc34)c(-c3ccccc3)c2)cc1. The van der Waals surface area contributed by atoms with Gasteiger partial charge in [0.1, 0.15) is 0 Å². The largest absolute Gasteiger partial charge is 0.0622 e. The molecule has 62 heavy (non-hydrogen) atoms. The summed E-state index contributed by atoms with van der Waals surface area (Å²) in [4.78, 5) is 0. The number of fused-ring (bicyclic) bond motifs is 10. The van der Waals surface area contributed by atoms with Crippen molar-refractivity contribution in [1.82, 2.24) is 0 Å². The van der Waals surface area contributed by atoms with Crippen LogP contribution >= 0.6 is 0 Å². The molecule has 0 unspecified atom stereocenters. The summed E-state index contributed by atoms with van der Waals surface area (Å²) < 4.78 is 0. The molecule has 0 aliphatic heterocycles. The van der Waals surface area contributed by atoms with Crippen molar-refractivity contribution in [1.29, 1.82) is 0 Å². The third kappa shape index (κ3) is 5.84. The molecule has 0 N–H and O–H groups in total. The lowest BCUT2D eigenvalue weighted by Gasteiger charge is -2.25. The predicted octanol–water partition coefficient (Wildman–Crippen LogP) is 17.3. The minimum atomic E-state index is 1.19. The van der Waals surface area contributed by atoms with Gasteiger partial charge in [-0.15, -0.1) is 0 Å². The fraction of sp³-hybridized carbons (Fsp3) is 0. The van der Waals surface area contributed by atoms with Crippen LogP contribution in [-0.2, 0) is 0 Å². The van der Waals surface area contributed by atoms with E-state index in [2.05, 4.69) is 243 Å². The van der Waals surface area contributed by atoms with Crippen LogP contribution < -0.4 is 0 Å². The van der Waals surface area contributed by atoms with Crippen molar-refractivity contribution >= 4 is 21.5 Å². The Morgan fingerprint density at radius 1 is 0.145 bits per heavy atom. The Morgan fingerprint density at radius 3 is 0.871 bits per heavy atom. The zero-order chi connectivity index (χ0) is 41.0. The molecule has 0 atom stereocenters. The molecular formula is C62H40. The van der Waals surface area contributed by atoms with Crippen LogP contribution in [0.15, 0.2) is 243 Å². The van der Waals surface area contributed by atoms with Gasteiger partial charge in [-0.05, 0) is 140 Å². The van der Waals surface area contributed by atoms with Crippen LogP contribution in [0.1, 0.15) is 0 Å². The predicted molar refractivity (Wildman–Crippen MR) is 264 cm³/mol. The Labute approximate surface area is 362 Å². The lowest BCUT2D eigenvalue weighted by atomic mass is 9.78. The van der Waals surface area contributed by atoms with Crippen molar-refractivity contribution in [2.75, 3.05) is 0 Å². The molecule has 0 nitrogen and oxygen atoms in total. The van der Waals surface area contributed by atoms with Gasteiger partial charge in [-0.1, -0.05) is 224 Å². The average molecular weight is 785 g/mol. The van der Waals surface area contributed by atoms with E-state index in [0.717, 1.165) is 0 Å². The highest BCUT2D eigenvalue weighted by Gasteiger charge is 2.26. The second kappa shape index (κ2) is 14.9. The Kier molecular flexibility index (Phi) is 8.61. The van der Waals surface area contributed by atoms with Crippen molar-refractivity contribution < 1.29 is 0 Å². The summed E-state index contributed by atoms with van der Waals surface area (Å²) in [5.74, 6) is 0. The summed E-state index contributed by atoms with van der Waals surface area (Å²) >= 11 is 0. The van der Waals surface area contributed by atoms with E-state index in [0.29, 0.717) is 0 Å². The van der Waals surface area contributed by atoms with Gasteiger partial charge in [-0.25, -0.2) is 0 Å². The Morgan fingerprint density at radius 2 is 0.452 bits per heavy atom. The number of hydrogen-bond acceptors (Lipinski definition) is 0. The fourth-order valence-corrected chi connectivity index (χ4v) is 10.1. The minimum absolute atomic E-state index is 1.19. The first kappa shape index (κ1) is 35.8. The first-order chi connectivity index (χ1) is 30.8. The van der Waals surface area contributed by atoms with Gasteiger partial charge in [0.2, 0.25) is 0 Å². The highest BCUT2D eigenvalue weighted by atomic mass is 14.3. The molecule has 0 heterocycles. The first-order valence-corrected chi connectivity index (χ1v) is 21.5. The molecule has 288 valence electrons. The maximum Gasteiger partial charge on any atom is -0.00139 e. The number of rotatable bonds is 5. The molecule has 0 fully saturated rings. The van der Waals surface area contributed by atoms with E-state index in [1.54, 1.807) is 0 Å². The van der Waals surface area contributed by atoms with Gasteiger partial charge in [0.25, 0.3) is 0 Å². The van der Waals surface area contributed by atoms with Gasteiger partial charge in [-0.3, -0.25) is 0 Å². The lowest BCUT2D eigenvalue weighted by Crippen LogP contribution is -1.98. The second-order valence-corrected chi connectivity index (χ2v) is 16.3. The molecule has 11 aromatic rings. The van der Waals surface area contributed by atoms with Crippen LogP contribution in [0.25, 0.3) is 122 Å². The molecule has 12 rings (SSSR count). The highest BCUT2D eigenvalue weighted by molar-refractivity contribution is 6.24. The van der Waals surface area contributed by atoms with Crippen LogP contribution in [0.4, 0.5) is 0 Å². The van der Waals surface area contributed by atoms with Gasteiger partial charge < -0.3 is 0 Å². The minimum Gasteiger partial charge on any atom is -0.0622 e. The third-order valence-electron chi connectivity index (χ3n) is 12.8. The molecule has 0 bridgehead atoms. The van der Waals surface area contributed by atoms with Gasteiger partial charge in [0.05, 0.1) is 0 Å². The maximum absolute atomic E-state index is 2.46. The maximum atomic E-state index is 2.46. The molecule has 0 radical (unpaired) electrons. The zero-order valence-electron chi connectivity index (χ0n) is 34.1. The monoisotopic (exact) mass is 784 g/mol. The number of hydrogen-bond donors (Lipinski definition) is 0. The van der Waals surface area contributed by atoms with Crippen LogP contribution in [0.5, 0.6) is 0 Å². The van der Waals surface area contributed by atoms with Crippen LogP contribution in [0, 0.1) is 0 Å². The fourth-order valence-electron chi connectivity index (χ4n) is 10.1. The summed E-state index contributed by atoms with van der Waals surface area (Å²) in [5, 5.41) is 4.93. The van der Waals surface area contributed by atoms with Gasteiger partial charge in [0.15, 0.2) is 0 Å². The molecule has 11 aromatic carbocycles. The molecule has 0 heteroatoms. The quantitative estimate of drug-likeness (QED) is 0.153. The van der Waals surface area contributed by atoms with Crippen molar-refractivity contribution in [2.45, 2.75) is 0 Å². The number of benzene rings is 11. The Hall–Kier alpha value is -8.06. The van der Waals surface area contributed by atoms with Crippen LogP contribution in [0.3, 0.4) is 0 Å². The molecular weight excluding hydrogens is 745 g/mol. The first-order valence-electron chi connectivity index (χ1n) is 21.5. The molecule has 0 spiro atoms. The van der Waals surface area contributed by atoms with E-state index >= 15 is 0 Å². The van der Waals surface area contributed by atoms with Crippen molar-refractivity contribution in [3.8, 4) is 100 Å². The average Bonchev–Trinajstić information content (AvgIpc) is 3.35. The van der Waals surface area contributed by atoms with E-state index in [4.69, 9.17) is 0 Å². The Bertz CT molecular complexity index is 3360. The highest BCUT2D eigenvalue weighted by Crippen LogP contribution is 2.53. The summed E-state index contributed by atoms with van der Waals surface area (Å²) in [5.41, 5.74) is 22.2. The summed E-state index contributed by atoms with van der Waals surface area (Å²) in [6, 6.07) is 89.6. The molecule has 0 amide bonds. The summed E-state index contributed by atoms with van der Waals surface area (Å²) in [6.45, 7) is 0. The van der Waals surface area contributed by atoms with Gasteiger partial charge in [-0.2, -0.15) is 0 Å². The Balaban J connectivity index is 1.18. The van der Waals surface area contributed by atoms with Crippen molar-refractivity contribution in [3.63, 3.8) is 0 Å². The van der Waals surface area contributed by atoms with E-state index < -0.39 is 0 Å². The molecule has 1 aliphatic carbocycles.